The van der Waals surface area contributed by atoms with E-state index in [0.29, 0.717) is 5.75 Å². The van der Waals surface area contributed by atoms with Crippen molar-refractivity contribution >= 4 is 19.8 Å². The fourth-order valence-corrected chi connectivity index (χ4v) is 9.04. The number of methoxy groups -OCH3 is 1. The Morgan fingerprint density at radius 2 is 1.41 bits per heavy atom. The van der Waals surface area contributed by atoms with Gasteiger partial charge >= 0.3 is 159 Å². The van der Waals surface area contributed by atoms with Crippen LogP contribution in [0.5, 0.6) is 5.75 Å². The molecule has 1 aliphatic rings. The van der Waals surface area contributed by atoms with Crippen LogP contribution >= 0.6 is 19.8 Å². The standard InChI is InChI=1S/C19H15F6IO/c1-27-15-9-7-14(8-10-15)26(13-5-3-2-4-6-13)17(21)12-11-16(20)18(22,23)19(17,24)25/h2-12,16H,1H3. The molecule has 2 unspecified atom stereocenters. The number of allylic oxidation sites excluding steroid dienone is 2. The summed E-state index contributed by atoms with van der Waals surface area (Å²) in [5.74, 6) is -9.93. The molecule has 0 saturated heterocycles. The number of rotatable bonds is 4. The second kappa shape index (κ2) is 7.03. The van der Waals surface area contributed by atoms with Crippen molar-refractivity contribution in [3.63, 3.8) is 0 Å². The van der Waals surface area contributed by atoms with Gasteiger partial charge in [0, 0.05) is 0 Å². The molecule has 0 aliphatic heterocycles. The first kappa shape index (κ1) is 20.0. The average molecular weight is 500 g/mol. The molecule has 27 heavy (non-hydrogen) atoms. The van der Waals surface area contributed by atoms with Crippen molar-refractivity contribution in [1.29, 1.82) is 0 Å². The van der Waals surface area contributed by atoms with Gasteiger partial charge in [0.25, 0.3) is 0 Å². The summed E-state index contributed by atoms with van der Waals surface area (Å²) in [5.41, 5.74) is 0. The van der Waals surface area contributed by atoms with Gasteiger partial charge in [-0.3, -0.25) is 0 Å². The van der Waals surface area contributed by atoms with Crippen molar-refractivity contribution in [2.45, 2.75) is 21.7 Å². The van der Waals surface area contributed by atoms with Crippen molar-refractivity contribution in [2.75, 3.05) is 7.11 Å². The maximum absolute atomic E-state index is 15.8. The Balaban J connectivity index is 2.22. The third-order valence-corrected chi connectivity index (χ3v) is 10.7. The predicted molar refractivity (Wildman–Crippen MR) is 98.6 cm³/mol. The molecular weight excluding hydrogens is 485 g/mol. The molecule has 0 heterocycles. The van der Waals surface area contributed by atoms with E-state index in [1.165, 1.54) is 55.6 Å². The number of benzene rings is 2. The molecule has 0 saturated carbocycles. The fraction of sp³-hybridized carbons (Fsp3) is 0.263. The predicted octanol–water partition coefficient (Wildman–Crippen LogP) is 6.09. The maximum atomic E-state index is 15.8. The van der Waals surface area contributed by atoms with Crippen LogP contribution in [0.2, 0.25) is 0 Å². The third kappa shape index (κ3) is 3.11. The molecule has 1 nitrogen and oxygen atoms in total. The Morgan fingerprint density at radius 1 is 0.852 bits per heavy atom. The van der Waals surface area contributed by atoms with Gasteiger partial charge in [-0.25, -0.2) is 0 Å². The van der Waals surface area contributed by atoms with Crippen molar-refractivity contribution in [1.82, 2.24) is 0 Å². The minimum absolute atomic E-state index is 0.186. The monoisotopic (exact) mass is 500 g/mol. The van der Waals surface area contributed by atoms with Crippen LogP contribution in [0, 0.1) is 7.14 Å². The number of halogens is 7. The average Bonchev–Trinajstić information content (AvgIpc) is 2.66. The Morgan fingerprint density at radius 3 is 1.96 bits per heavy atom. The zero-order valence-corrected chi connectivity index (χ0v) is 16.1. The normalized spacial score (nSPS) is 26.5. The first-order valence-electron chi connectivity index (χ1n) is 7.82. The zero-order valence-electron chi connectivity index (χ0n) is 14.0. The molecule has 3 rings (SSSR count). The van der Waals surface area contributed by atoms with E-state index in [0.717, 1.165) is 0 Å². The van der Waals surface area contributed by atoms with Gasteiger partial charge in [0.2, 0.25) is 0 Å². The summed E-state index contributed by atoms with van der Waals surface area (Å²) in [6.45, 7) is 0. The van der Waals surface area contributed by atoms with Crippen LogP contribution in [0.25, 0.3) is 0 Å². The van der Waals surface area contributed by atoms with E-state index in [1.807, 2.05) is 0 Å². The van der Waals surface area contributed by atoms with Crippen LogP contribution in [0.4, 0.5) is 26.3 Å². The van der Waals surface area contributed by atoms with Gasteiger partial charge in [0.15, 0.2) is 0 Å². The molecule has 2 atom stereocenters. The Labute approximate surface area is 159 Å². The molecule has 0 spiro atoms. The minimum atomic E-state index is -5.20. The molecule has 0 bridgehead atoms. The van der Waals surface area contributed by atoms with E-state index in [-0.39, 0.29) is 19.3 Å². The summed E-state index contributed by atoms with van der Waals surface area (Å²) in [6, 6.07) is 13.2. The third-order valence-electron chi connectivity index (χ3n) is 4.15. The van der Waals surface area contributed by atoms with Gasteiger partial charge in [-0.05, 0) is 0 Å². The molecule has 0 N–H and O–H groups in total. The molecule has 1 aliphatic carbocycles. The molecule has 8 heteroatoms. The second-order valence-electron chi connectivity index (χ2n) is 5.82. The Hall–Kier alpha value is -1.71. The van der Waals surface area contributed by atoms with Crippen molar-refractivity contribution in [3.05, 3.63) is 73.9 Å². The summed E-state index contributed by atoms with van der Waals surface area (Å²) in [4.78, 5) is 0. The van der Waals surface area contributed by atoms with Gasteiger partial charge in [-0.2, -0.15) is 0 Å². The van der Waals surface area contributed by atoms with Crippen LogP contribution in [-0.2, 0) is 0 Å². The van der Waals surface area contributed by atoms with Crippen molar-refractivity contribution in [2.24, 2.45) is 0 Å². The van der Waals surface area contributed by atoms with Gasteiger partial charge in [0.1, 0.15) is 0 Å². The van der Waals surface area contributed by atoms with E-state index in [9.17, 15) is 22.0 Å². The molecule has 2 aromatic carbocycles. The molecule has 2 aromatic rings. The van der Waals surface area contributed by atoms with E-state index in [4.69, 9.17) is 4.74 Å². The number of alkyl halides is 7. The topological polar surface area (TPSA) is 9.23 Å². The van der Waals surface area contributed by atoms with E-state index >= 15 is 4.39 Å². The van der Waals surface area contributed by atoms with E-state index in [2.05, 4.69) is 0 Å². The molecule has 0 amide bonds. The van der Waals surface area contributed by atoms with Crippen LogP contribution in [0.3, 0.4) is 0 Å². The molecule has 146 valence electrons. The number of ether oxygens (including phenoxy) is 1. The summed E-state index contributed by atoms with van der Waals surface area (Å²) in [6.07, 6.45) is -2.76. The summed E-state index contributed by atoms with van der Waals surface area (Å²) >= 11 is -3.85. The van der Waals surface area contributed by atoms with Gasteiger partial charge in [-0.1, -0.05) is 0 Å². The molecule has 0 aromatic heterocycles. The fourth-order valence-electron chi connectivity index (χ4n) is 2.69. The first-order valence-corrected chi connectivity index (χ1v) is 11.1. The summed E-state index contributed by atoms with van der Waals surface area (Å²) < 4.78 is 88.2. The molecule has 0 fully saturated rings. The van der Waals surface area contributed by atoms with Crippen molar-refractivity contribution < 1.29 is 31.1 Å². The van der Waals surface area contributed by atoms with E-state index in [1.54, 1.807) is 6.07 Å². The first-order chi connectivity index (χ1) is 12.6. The van der Waals surface area contributed by atoms with Crippen molar-refractivity contribution in [3.8, 4) is 5.75 Å². The van der Waals surface area contributed by atoms with Crippen LogP contribution in [0.1, 0.15) is 0 Å². The van der Waals surface area contributed by atoms with Gasteiger partial charge in [0.05, 0.1) is 0 Å². The number of hydrogen-bond acceptors (Lipinski definition) is 1. The van der Waals surface area contributed by atoms with Crippen LogP contribution in [-0.4, -0.2) is 28.8 Å². The SMILES string of the molecule is COc1ccc(I(c2ccccc2)C2(F)C=CC(F)C(F)(F)C2(F)F)cc1. The van der Waals surface area contributed by atoms with Gasteiger partial charge in [-0.15, -0.1) is 0 Å². The van der Waals surface area contributed by atoms with Crippen LogP contribution in [0.15, 0.2) is 66.7 Å². The Kier molecular flexibility index (Phi) is 5.22. The Bertz CT molecular complexity index is 824. The van der Waals surface area contributed by atoms with E-state index < -0.39 is 41.5 Å². The zero-order chi connectivity index (χ0) is 19.9. The summed E-state index contributed by atoms with van der Waals surface area (Å²) in [5, 5.41) is 0. The van der Waals surface area contributed by atoms with Crippen LogP contribution < -0.4 is 4.74 Å². The molecular formula is C19H15F6IO. The summed E-state index contributed by atoms with van der Waals surface area (Å²) in [7, 11) is 1.40. The van der Waals surface area contributed by atoms with Gasteiger partial charge < -0.3 is 0 Å². The second-order valence-corrected chi connectivity index (χ2v) is 11.5. The molecule has 0 radical (unpaired) electrons. The quantitative estimate of drug-likeness (QED) is 0.214. The number of hydrogen-bond donors (Lipinski definition) is 0.